The van der Waals surface area contributed by atoms with E-state index in [4.69, 9.17) is 11.6 Å². The molecule has 0 aliphatic rings. The number of guanidine groups is 1. The number of nitrogens with zero attached hydrogens (tertiary/aromatic N) is 2. The van der Waals surface area contributed by atoms with E-state index in [1.54, 1.807) is 6.07 Å². The number of halogens is 4. The first-order chi connectivity index (χ1) is 9.43. The van der Waals surface area contributed by atoms with Crippen LogP contribution in [0.25, 0.3) is 0 Å². The van der Waals surface area contributed by atoms with Crippen molar-refractivity contribution < 1.29 is 13.5 Å². The Morgan fingerprint density at radius 2 is 2.10 bits per heavy atom. The molecule has 0 bridgehead atoms. The van der Waals surface area contributed by atoms with Crippen LogP contribution in [0.15, 0.2) is 23.2 Å². The summed E-state index contributed by atoms with van der Waals surface area (Å²) in [6.07, 6.45) is 0. The number of rotatable bonds is 5. The van der Waals surface area contributed by atoms with Crippen LogP contribution in [0.4, 0.5) is 8.78 Å². The van der Waals surface area contributed by atoms with Crippen LogP contribution in [0.2, 0.25) is 5.02 Å². The van der Waals surface area contributed by atoms with Crippen molar-refractivity contribution in [1.29, 1.82) is 0 Å². The minimum atomic E-state index is -2.87. The average molecular weight is 434 g/mol. The molecule has 0 aliphatic carbocycles. The summed E-state index contributed by atoms with van der Waals surface area (Å²) in [5, 5.41) is 3.53. The molecule has 1 rings (SSSR count). The fourth-order valence-electron chi connectivity index (χ4n) is 1.56. The number of hydrogen-bond donors (Lipinski definition) is 1. The molecule has 0 atom stereocenters. The van der Waals surface area contributed by atoms with Crippen molar-refractivity contribution in [2.75, 3.05) is 20.6 Å². The second-order valence-corrected chi connectivity index (χ2v) is 4.63. The maximum atomic E-state index is 12.3. The molecule has 1 N–H and O–H groups in total. The quantitative estimate of drug-likeness (QED) is 0.438. The smallest absolute Gasteiger partial charge is 0.387 e. The number of aliphatic imine (C=N–C) groups is 1. The van der Waals surface area contributed by atoms with Gasteiger partial charge in [0.15, 0.2) is 5.96 Å². The zero-order valence-corrected chi connectivity index (χ0v) is 15.2. The number of hydrogen-bond acceptors (Lipinski definition) is 2. The van der Waals surface area contributed by atoms with Crippen LogP contribution in [-0.4, -0.2) is 38.1 Å². The Hall–Kier alpha value is -0.830. The van der Waals surface area contributed by atoms with E-state index in [9.17, 15) is 8.78 Å². The summed E-state index contributed by atoms with van der Waals surface area (Å²) in [4.78, 5) is 6.15. The van der Waals surface area contributed by atoms with E-state index in [-0.39, 0.29) is 36.3 Å². The van der Waals surface area contributed by atoms with Crippen molar-refractivity contribution in [2.45, 2.75) is 20.1 Å². The third-order valence-corrected chi connectivity index (χ3v) is 2.63. The van der Waals surface area contributed by atoms with Gasteiger partial charge < -0.3 is 15.0 Å². The lowest BCUT2D eigenvalue weighted by Crippen LogP contribution is -2.36. The van der Waals surface area contributed by atoms with Gasteiger partial charge in [-0.25, -0.2) is 4.99 Å². The second kappa shape index (κ2) is 9.99. The van der Waals surface area contributed by atoms with Crippen LogP contribution in [0.5, 0.6) is 5.75 Å². The average Bonchev–Trinajstić information content (AvgIpc) is 2.36. The lowest BCUT2D eigenvalue weighted by atomic mass is 10.2. The first-order valence-electron chi connectivity index (χ1n) is 6.13. The molecule has 0 heterocycles. The summed E-state index contributed by atoms with van der Waals surface area (Å²) < 4.78 is 29.1. The topological polar surface area (TPSA) is 36.9 Å². The van der Waals surface area contributed by atoms with Crippen molar-refractivity contribution in [3.8, 4) is 5.75 Å². The molecule has 0 saturated carbocycles. The van der Waals surface area contributed by atoms with Gasteiger partial charge in [0, 0.05) is 31.2 Å². The van der Waals surface area contributed by atoms with Crippen LogP contribution in [0.3, 0.4) is 0 Å². The summed E-state index contributed by atoms with van der Waals surface area (Å²) in [5.41, 5.74) is 0.509. The molecule has 0 aromatic heterocycles. The molecule has 0 amide bonds. The highest BCUT2D eigenvalue weighted by Gasteiger charge is 2.10. The van der Waals surface area contributed by atoms with Gasteiger partial charge in [0.05, 0.1) is 6.54 Å². The van der Waals surface area contributed by atoms with Gasteiger partial charge in [-0.15, -0.1) is 24.0 Å². The molecule has 0 saturated heterocycles. The van der Waals surface area contributed by atoms with Gasteiger partial charge in [-0.2, -0.15) is 8.78 Å². The van der Waals surface area contributed by atoms with Crippen molar-refractivity contribution in [2.24, 2.45) is 4.99 Å². The summed E-state index contributed by atoms with van der Waals surface area (Å²) in [6.45, 7) is -0.0132. The fourth-order valence-corrected chi connectivity index (χ4v) is 1.75. The highest BCUT2D eigenvalue weighted by atomic mass is 127. The van der Waals surface area contributed by atoms with E-state index in [0.717, 1.165) is 0 Å². The zero-order valence-electron chi connectivity index (χ0n) is 12.1. The third kappa shape index (κ3) is 7.12. The van der Waals surface area contributed by atoms with Crippen molar-refractivity contribution in [3.63, 3.8) is 0 Å². The molecule has 21 heavy (non-hydrogen) atoms. The number of benzene rings is 1. The Morgan fingerprint density at radius 1 is 1.43 bits per heavy atom. The summed E-state index contributed by atoms with van der Waals surface area (Å²) in [6, 6.07) is 4.49. The number of ether oxygens (including phenoxy) is 1. The third-order valence-electron chi connectivity index (χ3n) is 2.40. The van der Waals surface area contributed by atoms with Gasteiger partial charge in [-0.05, 0) is 25.1 Å². The van der Waals surface area contributed by atoms with Gasteiger partial charge in [0.25, 0.3) is 0 Å². The Balaban J connectivity index is 0.00000400. The summed E-state index contributed by atoms with van der Waals surface area (Å²) >= 11 is 5.87. The summed E-state index contributed by atoms with van der Waals surface area (Å²) in [5.74, 6) is 0.748. The maximum Gasteiger partial charge on any atom is 0.387 e. The normalized spacial score (nSPS) is 11.1. The van der Waals surface area contributed by atoms with Crippen LogP contribution in [-0.2, 0) is 6.54 Å². The van der Waals surface area contributed by atoms with Crippen LogP contribution >= 0.6 is 35.6 Å². The molecule has 8 heteroatoms. The highest BCUT2D eigenvalue weighted by molar-refractivity contribution is 14.0. The van der Waals surface area contributed by atoms with E-state index in [1.807, 2.05) is 25.9 Å². The minimum absolute atomic E-state index is 0. The van der Waals surface area contributed by atoms with E-state index in [1.165, 1.54) is 12.1 Å². The van der Waals surface area contributed by atoms with Crippen molar-refractivity contribution in [1.82, 2.24) is 10.2 Å². The second-order valence-electron chi connectivity index (χ2n) is 4.20. The first kappa shape index (κ1) is 20.2. The van der Waals surface area contributed by atoms with Crippen LogP contribution in [0.1, 0.15) is 12.5 Å². The molecule has 0 spiro atoms. The van der Waals surface area contributed by atoms with E-state index in [2.05, 4.69) is 15.0 Å². The highest BCUT2D eigenvalue weighted by Crippen LogP contribution is 2.25. The predicted octanol–water partition coefficient (Wildman–Crippen LogP) is 3.59. The lowest BCUT2D eigenvalue weighted by Gasteiger charge is -2.17. The molecular formula is C13H19ClF2IN3O. The predicted molar refractivity (Wildman–Crippen MR) is 92.0 cm³/mol. The molecule has 0 unspecified atom stereocenters. The van der Waals surface area contributed by atoms with Gasteiger partial charge >= 0.3 is 6.61 Å². The van der Waals surface area contributed by atoms with Crippen molar-refractivity contribution >= 4 is 41.5 Å². The minimum Gasteiger partial charge on any atom is -0.434 e. The zero-order chi connectivity index (χ0) is 15.1. The van der Waals surface area contributed by atoms with E-state index >= 15 is 0 Å². The van der Waals surface area contributed by atoms with Crippen LogP contribution in [0, 0.1) is 0 Å². The molecule has 4 nitrogen and oxygen atoms in total. The number of nitrogens with one attached hydrogen (secondary N) is 1. The molecule has 0 radical (unpaired) electrons. The lowest BCUT2D eigenvalue weighted by molar-refractivity contribution is -0.0504. The Labute approximate surface area is 145 Å². The maximum absolute atomic E-state index is 12.3. The molecule has 0 aliphatic heterocycles. The van der Waals surface area contributed by atoms with Gasteiger partial charge in [0.2, 0.25) is 0 Å². The summed E-state index contributed by atoms with van der Waals surface area (Å²) in [7, 11) is 3.69. The SMILES string of the molecule is CCNC(=NCc1cc(Cl)ccc1OC(F)F)N(C)C.I. The Kier molecular flexibility index (Phi) is 9.60. The molecule has 0 fully saturated rings. The van der Waals surface area contributed by atoms with E-state index < -0.39 is 6.61 Å². The standard InChI is InChI=1S/C13H18ClF2N3O.HI/c1-4-17-13(19(2)3)18-8-9-7-10(14)5-6-11(9)20-12(15)16;/h5-7,12H,4,8H2,1-3H3,(H,17,18);1H. The Morgan fingerprint density at radius 3 is 2.62 bits per heavy atom. The van der Waals surface area contributed by atoms with Gasteiger partial charge in [0.1, 0.15) is 5.75 Å². The largest absolute Gasteiger partial charge is 0.434 e. The molecule has 1 aromatic rings. The Bertz CT molecular complexity index is 473. The van der Waals surface area contributed by atoms with Gasteiger partial charge in [-0.3, -0.25) is 0 Å². The van der Waals surface area contributed by atoms with Crippen molar-refractivity contribution in [3.05, 3.63) is 28.8 Å². The fraction of sp³-hybridized carbons (Fsp3) is 0.462. The first-order valence-corrected chi connectivity index (χ1v) is 6.50. The van der Waals surface area contributed by atoms with Crippen LogP contribution < -0.4 is 10.1 Å². The van der Waals surface area contributed by atoms with E-state index in [0.29, 0.717) is 23.1 Å². The molecular weight excluding hydrogens is 415 g/mol. The van der Waals surface area contributed by atoms with Gasteiger partial charge in [-0.1, -0.05) is 11.6 Å². The monoisotopic (exact) mass is 433 g/mol. The molecule has 120 valence electrons. The number of alkyl halides is 2. The molecule has 1 aromatic carbocycles.